The molecule has 2 aliphatic rings. The number of methoxy groups -OCH3 is 2. The van der Waals surface area contributed by atoms with Crippen LogP contribution in [-0.4, -0.2) is 47.1 Å². The smallest absolute Gasteiger partial charge is 0.355 e. The molecule has 2 atom stereocenters. The van der Waals surface area contributed by atoms with Gasteiger partial charge < -0.3 is 9.47 Å². The molecular weight excluding hydrogens is 528 g/mol. The highest BCUT2D eigenvalue weighted by Gasteiger charge is 2.68. The lowest BCUT2D eigenvalue weighted by Gasteiger charge is -2.36. The van der Waals surface area contributed by atoms with Crippen molar-refractivity contribution >= 4 is 45.5 Å². The van der Waals surface area contributed by atoms with Crippen LogP contribution in [0, 0.1) is 0 Å². The maximum Gasteiger partial charge on any atom is 0.355 e. The van der Waals surface area contributed by atoms with Crippen LogP contribution >= 0.6 is 11.8 Å². The molecule has 198 valence electrons. The van der Waals surface area contributed by atoms with Crippen molar-refractivity contribution in [2.45, 2.75) is 16.4 Å². The zero-order valence-corrected chi connectivity index (χ0v) is 22.3. The van der Waals surface area contributed by atoms with E-state index >= 15 is 0 Å². The molecule has 0 saturated carbocycles. The molecule has 4 aromatic rings. The number of thioether (sulfide) groups is 1. The number of carbonyl (C=O) groups excluding carboxylic acids is 4. The summed E-state index contributed by atoms with van der Waals surface area (Å²) in [6.07, 6.45) is 1.59. The van der Waals surface area contributed by atoms with Crippen LogP contribution in [-0.2, 0) is 29.3 Å². The molecule has 1 spiro atoms. The Morgan fingerprint density at radius 1 is 0.850 bits per heavy atom. The molecule has 9 heteroatoms. The van der Waals surface area contributed by atoms with E-state index in [2.05, 4.69) is 0 Å². The maximum absolute atomic E-state index is 14.4. The average Bonchev–Trinajstić information content (AvgIpc) is 3.48. The second kappa shape index (κ2) is 9.77. The molecule has 2 unspecified atom stereocenters. The van der Waals surface area contributed by atoms with Gasteiger partial charge in [-0.25, -0.2) is 9.59 Å². The minimum absolute atomic E-state index is 0.252. The molecule has 40 heavy (non-hydrogen) atoms. The van der Waals surface area contributed by atoms with E-state index in [1.807, 2.05) is 30.3 Å². The summed E-state index contributed by atoms with van der Waals surface area (Å²) in [6.45, 7) is 0. The molecule has 0 aliphatic carbocycles. The van der Waals surface area contributed by atoms with Crippen LogP contribution in [0.1, 0.15) is 27.7 Å². The van der Waals surface area contributed by atoms with Gasteiger partial charge in [0.05, 0.1) is 25.5 Å². The SMILES string of the molecule is COC(=O)C1=C(C(=O)OC)C2(C(=O)Sc3ccccc32)C(c2nccc3ccccc23)N1C(=O)c1ccccc1. The Morgan fingerprint density at radius 2 is 1.52 bits per heavy atom. The van der Waals surface area contributed by atoms with Gasteiger partial charge in [0.1, 0.15) is 17.2 Å². The first-order valence-electron chi connectivity index (χ1n) is 12.4. The van der Waals surface area contributed by atoms with E-state index in [4.69, 9.17) is 14.5 Å². The van der Waals surface area contributed by atoms with Crippen molar-refractivity contribution in [3.63, 3.8) is 0 Å². The fourth-order valence-corrected chi connectivity index (χ4v) is 6.89. The molecule has 2 aliphatic heterocycles. The molecule has 1 amide bonds. The van der Waals surface area contributed by atoms with E-state index in [1.54, 1.807) is 60.8 Å². The topological polar surface area (TPSA) is 103 Å². The molecule has 0 fully saturated rings. The summed E-state index contributed by atoms with van der Waals surface area (Å²) in [5.74, 6) is -2.46. The number of carbonyl (C=O) groups is 4. The maximum atomic E-state index is 14.4. The number of pyridine rings is 1. The number of benzene rings is 3. The number of hydrogen-bond donors (Lipinski definition) is 0. The van der Waals surface area contributed by atoms with Crippen molar-refractivity contribution in [2.75, 3.05) is 14.2 Å². The predicted molar refractivity (Wildman–Crippen MR) is 147 cm³/mol. The molecule has 0 radical (unpaired) electrons. The minimum Gasteiger partial charge on any atom is -0.466 e. The lowest BCUT2D eigenvalue weighted by Crippen LogP contribution is -2.45. The Hall–Kier alpha value is -4.76. The van der Waals surface area contributed by atoms with Crippen LogP contribution in [0.3, 0.4) is 0 Å². The Morgan fingerprint density at radius 3 is 2.27 bits per heavy atom. The van der Waals surface area contributed by atoms with Gasteiger partial charge in [-0.05, 0) is 35.2 Å². The molecule has 3 heterocycles. The highest BCUT2D eigenvalue weighted by atomic mass is 32.2. The zero-order valence-electron chi connectivity index (χ0n) is 21.5. The Balaban J connectivity index is 1.79. The van der Waals surface area contributed by atoms with Crippen molar-refractivity contribution in [3.8, 4) is 0 Å². The van der Waals surface area contributed by atoms with Crippen LogP contribution in [0.25, 0.3) is 10.8 Å². The summed E-state index contributed by atoms with van der Waals surface area (Å²) in [5.41, 5.74) is -1.33. The Kier molecular flexibility index (Phi) is 6.23. The third kappa shape index (κ3) is 3.51. The third-order valence-electron chi connectivity index (χ3n) is 7.35. The monoisotopic (exact) mass is 550 g/mol. The summed E-state index contributed by atoms with van der Waals surface area (Å²) in [6, 6.07) is 23.4. The number of rotatable bonds is 4. The van der Waals surface area contributed by atoms with Gasteiger partial charge in [0.15, 0.2) is 0 Å². The highest BCUT2D eigenvalue weighted by Crippen LogP contribution is 2.62. The van der Waals surface area contributed by atoms with Crippen LogP contribution in [0.2, 0.25) is 0 Å². The molecule has 0 bridgehead atoms. The van der Waals surface area contributed by atoms with Crippen LogP contribution in [0.4, 0.5) is 0 Å². The Bertz CT molecular complexity index is 1750. The van der Waals surface area contributed by atoms with Crippen LogP contribution in [0.5, 0.6) is 0 Å². The van der Waals surface area contributed by atoms with Crippen LogP contribution < -0.4 is 0 Å². The fourth-order valence-electron chi connectivity index (χ4n) is 5.72. The van der Waals surface area contributed by atoms with Crippen LogP contribution in [0.15, 0.2) is 107 Å². The molecular formula is C31H22N2O6S. The van der Waals surface area contributed by atoms with Gasteiger partial charge in [-0.2, -0.15) is 0 Å². The molecule has 6 rings (SSSR count). The van der Waals surface area contributed by atoms with Gasteiger partial charge in [0.25, 0.3) is 5.91 Å². The van der Waals surface area contributed by atoms with Crippen molar-refractivity contribution in [1.29, 1.82) is 0 Å². The molecule has 1 aromatic heterocycles. The van der Waals surface area contributed by atoms with E-state index in [0.29, 0.717) is 21.5 Å². The quantitative estimate of drug-likeness (QED) is 0.340. The van der Waals surface area contributed by atoms with Gasteiger partial charge in [0.2, 0.25) is 5.12 Å². The first kappa shape index (κ1) is 25.5. The second-order valence-corrected chi connectivity index (χ2v) is 10.3. The lowest BCUT2D eigenvalue weighted by molar-refractivity contribution is -0.140. The molecule has 0 saturated heterocycles. The van der Waals surface area contributed by atoms with Crippen molar-refractivity contribution in [3.05, 3.63) is 119 Å². The number of fused-ring (bicyclic) bond motifs is 3. The van der Waals surface area contributed by atoms with E-state index < -0.39 is 34.4 Å². The standard InChI is InChI=1S/C31H22N2O6S/c1-38-28(35)23-25(29(36)39-2)33(27(34)19-11-4-3-5-12-19)26(24-20-13-7-6-10-18(20)16-17-32-24)31(23)21-14-8-9-15-22(21)40-30(31)37/h3-17,26H,1-2H3. The minimum atomic E-state index is -1.81. The fraction of sp³-hybridized carbons (Fsp3) is 0.129. The number of nitrogens with zero attached hydrogens (tertiary/aromatic N) is 2. The van der Waals surface area contributed by atoms with Crippen molar-refractivity contribution in [2.24, 2.45) is 0 Å². The average molecular weight is 551 g/mol. The number of ether oxygens (including phenoxy) is 2. The largest absolute Gasteiger partial charge is 0.466 e. The van der Waals surface area contributed by atoms with Gasteiger partial charge in [-0.15, -0.1) is 0 Å². The van der Waals surface area contributed by atoms with Gasteiger partial charge in [0, 0.05) is 22.0 Å². The summed E-state index contributed by atoms with van der Waals surface area (Å²) >= 11 is 0.955. The third-order valence-corrected chi connectivity index (χ3v) is 8.43. The van der Waals surface area contributed by atoms with Gasteiger partial charge in [-0.3, -0.25) is 19.5 Å². The van der Waals surface area contributed by atoms with Crippen molar-refractivity contribution in [1.82, 2.24) is 9.88 Å². The summed E-state index contributed by atoms with van der Waals surface area (Å²) in [5, 5.41) is 1.05. The second-order valence-electron chi connectivity index (χ2n) is 9.26. The molecule has 8 nitrogen and oxygen atoms in total. The van der Waals surface area contributed by atoms with Gasteiger partial charge in [-0.1, -0.05) is 72.4 Å². The van der Waals surface area contributed by atoms with Crippen molar-refractivity contribution < 1.29 is 28.7 Å². The summed E-state index contributed by atoms with van der Waals surface area (Å²) < 4.78 is 10.3. The Labute approximate surface area is 233 Å². The molecule has 3 aromatic carbocycles. The number of esters is 2. The number of hydrogen-bond acceptors (Lipinski definition) is 8. The van der Waals surface area contributed by atoms with Gasteiger partial charge >= 0.3 is 11.9 Å². The first-order valence-corrected chi connectivity index (χ1v) is 13.2. The van der Waals surface area contributed by atoms with E-state index in [0.717, 1.165) is 24.3 Å². The van der Waals surface area contributed by atoms with E-state index in [9.17, 15) is 19.2 Å². The number of amides is 1. The van der Waals surface area contributed by atoms with E-state index in [-0.39, 0.29) is 16.8 Å². The zero-order chi connectivity index (χ0) is 28.0. The normalized spacial score (nSPS) is 19.7. The predicted octanol–water partition coefficient (Wildman–Crippen LogP) is 4.60. The van der Waals surface area contributed by atoms with E-state index in [1.165, 1.54) is 12.0 Å². The highest BCUT2D eigenvalue weighted by molar-refractivity contribution is 8.14. The lowest BCUT2D eigenvalue weighted by atomic mass is 9.69. The first-order chi connectivity index (χ1) is 19.4. The summed E-state index contributed by atoms with van der Waals surface area (Å²) in [4.78, 5) is 62.5. The molecule has 0 N–H and O–H groups in total. The summed E-state index contributed by atoms with van der Waals surface area (Å²) in [7, 11) is 2.33. The number of aromatic nitrogens is 1.